The molecule has 26 heavy (non-hydrogen) atoms. The van der Waals surface area contributed by atoms with Crippen LogP contribution in [0.4, 0.5) is 0 Å². The molecule has 0 saturated carbocycles. The number of rotatable bonds is 14. The molecule has 3 nitrogen and oxygen atoms in total. The fourth-order valence-corrected chi connectivity index (χ4v) is 4.36. The van der Waals surface area contributed by atoms with Gasteiger partial charge in [-0.1, -0.05) is 84.4 Å². The van der Waals surface area contributed by atoms with Crippen LogP contribution in [-0.2, 0) is 16.0 Å². The van der Waals surface area contributed by atoms with E-state index in [4.69, 9.17) is 9.15 Å². The largest absolute Gasteiger partial charge is 0.474 e. The lowest BCUT2D eigenvalue weighted by Crippen LogP contribution is -2.36. The Kier molecular flexibility index (Phi) is 10.9. The molecule has 0 bridgehead atoms. The van der Waals surface area contributed by atoms with Gasteiger partial charge in [-0.3, -0.25) is 4.79 Å². The first-order valence-electron chi connectivity index (χ1n) is 10.5. The summed E-state index contributed by atoms with van der Waals surface area (Å²) in [5, 5.41) is 1.11. The van der Waals surface area contributed by atoms with E-state index in [-0.39, 0.29) is 11.9 Å². The number of unbranched alkanes of at least 4 members (excludes halogenated alkanes) is 8. The molecule has 1 atom stereocenters. The molecule has 0 aliphatic carbocycles. The summed E-state index contributed by atoms with van der Waals surface area (Å²) in [7, 11) is 0.0599. The molecule has 0 radical (unpaired) electrons. The smallest absolute Gasteiger partial charge is 0.308 e. The van der Waals surface area contributed by atoms with Crippen molar-refractivity contribution in [2.75, 3.05) is 7.11 Å². The second kappa shape index (κ2) is 12.4. The fraction of sp³-hybridized carbons (Fsp3) is 0.773. The number of furan rings is 1. The Labute approximate surface area is 161 Å². The predicted octanol–water partition coefficient (Wildman–Crippen LogP) is 6.08. The van der Waals surface area contributed by atoms with Crippen molar-refractivity contribution in [3.05, 3.63) is 17.9 Å². The van der Waals surface area contributed by atoms with Gasteiger partial charge in [-0.15, -0.1) is 0 Å². The molecule has 1 aromatic rings. The molecular weight excluding hydrogens is 340 g/mol. The Morgan fingerprint density at radius 3 is 2.12 bits per heavy atom. The van der Waals surface area contributed by atoms with Crippen molar-refractivity contribution >= 4 is 19.4 Å². The molecule has 0 spiro atoms. The second-order valence-electron chi connectivity index (χ2n) is 8.61. The molecule has 0 fully saturated rings. The molecule has 1 unspecified atom stereocenters. The van der Waals surface area contributed by atoms with Crippen LogP contribution in [-0.4, -0.2) is 21.2 Å². The topological polar surface area (TPSA) is 39.4 Å². The minimum atomic E-state index is -1.43. The van der Waals surface area contributed by atoms with E-state index in [1.165, 1.54) is 58.5 Å². The zero-order chi connectivity index (χ0) is 19.4. The third-order valence-corrected chi connectivity index (χ3v) is 6.81. The zero-order valence-electron chi connectivity index (χ0n) is 17.7. The van der Waals surface area contributed by atoms with Crippen molar-refractivity contribution in [3.63, 3.8) is 0 Å². The van der Waals surface area contributed by atoms with Gasteiger partial charge in [0.05, 0.1) is 24.7 Å². The van der Waals surface area contributed by atoms with Gasteiger partial charge in [0.15, 0.2) is 0 Å². The van der Waals surface area contributed by atoms with Gasteiger partial charge >= 0.3 is 5.97 Å². The number of hydrogen-bond acceptors (Lipinski definition) is 3. The van der Waals surface area contributed by atoms with Crippen molar-refractivity contribution < 1.29 is 13.9 Å². The van der Waals surface area contributed by atoms with Crippen molar-refractivity contribution in [2.45, 2.75) is 97.2 Å². The lowest BCUT2D eigenvalue weighted by atomic mass is 9.94. The van der Waals surface area contributed by atoms with Gasteiger partial charge in [0.1, 0.15) is 8.07 Å². The van der Waals surface area contributed by atoms with Crippen LogP contribution in [0.2, 0.25) is 19.6 Å². The molecule has 0 aliphatic rings. The summed E-state index contributed by atoms with van der Waals surface area (Å²) in [5.74, 6) is -0.128. The Hall–Kier alpha value is -1.03. The van der Waals surface area contributed by atoms with Crippen molar-refractivity contribution in [1.29, 1.82) is 0 Å². The number of methoxy groups -OCH3 is 1. The second-order valence-corrected chi connectivity index (χ2v) is 13.6. The molecule has 150 valence electrons. The van der Waals surface area contributed by atoms with Crippen molar-refractivity contribution in [1.82, 2.24) is 0 Å². The van der Waals surface area contributed by atoms with Gasteiger partial charge in [-0.25, -0.2) is 0 Å². The number of ether oxygens (including phenoxy) is 1. The van der Waals surface area contributed by atoms with Gasteiger partial charge in [-0.2, -0.15) is 0 Å². The number of esters is 1. The highest BCUT2D eigenvalue weighted by atomic mass is 28.3. The summed E-state index contributed by atoms with van der Waals surface area (Å²) < 4.78 is 10.8. The lowest BCUT2D eigenvalue weighted by molar-refractivity contribution is -0.145. The third kappa shape index (κ3) is 9.06. The molecule has 0 amide bonds. The molecule has 1 aromatic heterocycles. The molecular formula is C22H40O3Si. The fourth-order valence-electron chi connectivity index (χ4n) is 3.33. The van der Waals surface area contributed by atoms with E-state index in [0.717, 1.165) is 30.2 Å². The van der Waals surface area contributed by atoms with Crippen LogP contribution in [0.15, 0.2) is 16.7 Å². The summed E-state index contributed by atoms with van der Waals surface area (Å²) in [6.45, 7) is 9.08. The summed E-state index contributed by atoms with van der Waals surface area (Å²) in [6.07, 6.45) is 15.2. The lowest BCUT2D eigenvalue weighted by Gasteiger charge is -2.14. The maximum Gasteiger partial charge on any atom is 0.308 e. The minimum absolute atomic E-state index is 0.0448. The molecule has 0 aromatic carbocycles. The van der Waals surface area contributed by atoms with Crippen LogP contribution in [0.25, 0.3) is 0 Å². The van der Waals surface area contributed by atoms with Crippen molar-refractivity contribution in [2.24, 2.45) is 5.92 Å². The third-order valence-electron chi connectivity index (χ3n) is 5.07. The highest BCUT2D eigenvalue weighted by Gasteiger charge is 2.24. The summed E-state index contributed by atoms with van der Waals surface area (Å²) in [4.78, 5) is 12.1. The first-order valence-corrected chi connectivity index (χ1v) is 14.0. The van der Waals surface area contributed by atoms with Gasteiger partial charge in [0.25, 0.3) is 0 Å². The normalized spacial score (nSPS) is 13.0. The number of carbonyl (C=O) groups excluding carboxylic acids is 1. The highest BCUT2D eigenvalue weighted by Crippen LogP contribution is 2.19. The molecule has 0 N–H and O–H groups in total. The van der Waals surface area contributed by atoms with Gasteiger partial charge in [-0.05, 0) is 24.5 Å². The molecule has 4 heteroatoms. The first-order chi connectivity index (χ1) is 12.4. The van der Waals surface area contributed by atoms with E-state index in [2.05, 4.69) is 32.6 Å². The standard InChI is InChI=1S/C22H40O3Si/c1-6-7-8-9-10-11-12-13-14-15-20(22(23)24-2)16-19-17-21(25-18-19)26(3,4)5/h17-18,20H,6-16H2,1-5H3. The van der Waals surface area contributed by atoms with Crippen molar-refractivity contribution in [3.8, 4) is 0 Å². The molecule has 0 saturated heterocycles. The molecule has 1 heterocycles. The predicted molar refractivity (Wildman–Crippen MR) is 113 cm³/mol. The first kappa shape index (κ1) is 23.0. The molecule has 1 rings (SSSR count). The minimum Gasteiger partial charge on any atom is -0.474 e. The Balaban J connectivity index is 2.34. The number of hydrogen-bond donors (Lipinski definition) is 0. The van der Waals surface area contributed by atoms with Crippen LogP contribution in [0.3, 0.4) is 0 Å². The summed E-state index contributed by atoms with van der Waals surface area (Å²) in [5.41, 5.74) is 1.13. The van der Waals surface area contributed by atoms with E-state index < -0.39 is 8.07 Å². The van der Waals surface area contributed by atoms with Gasteiger partial charge in [0.2, 0.25) is 0 Å². The Bertz CT molecular complexity index is 502. The van der Waals surface area contributed by atoms with E-state index in [0.29, 0.717) is 0 Å². The average Bonchev–Trinajstić information content (AvgIpc) is 3.07. The maximum absolute atomic E-state index is 12.1. The van der Waals surface area contributed by atoms with E-state index in [9.17, 15) is 4.79 Å². The Morgan fingerprint density at radius 1 is 1.04 bits per heavy atom. The molecule has 0 aliphatic heterocycles. The quantitative estimate of drug-likeness (QED) is 0.223. The highest BCUT2D eigenvalue weighted by molar-refractivity contribution is 6.87. The van der Waals surface area contributed by atoms with Crippen LogP contribution in [0.1, 0.15) is 76.7 Å². The van der Waals surface area contributed by atoms with Crippen LogP contribution in [0, 0.1) is 5.92 Å². The monoisotopic (exact) mass is 380 g/mol. The summed E-state index contributed by atoms with van der Waals surface area (Å²) >= 11 is 0. The van der Waals surface area contributed by atoms with E-state index in [1.807, 2.05) is 6.26 Å². The van der Waals surface area contributed by atoms with E-state index >= 15 is 0 Å². The van der Waals surface area contributed by atoms with E-state index in [1.54, 1.807) is 0 Å². The zero-order valence-corrected chi connectivity index (χ0v) is 18.7. The van der Waals surface area contributed by atoms with Crippen LogP contribution >= 0.6 is 0 Å². The number of carbonyl (C=O) groups is 1. The van der Waals surface area contributed by atoms with Crippen LogP contribution < -0.4 is 5.38 Å². The van der Waals surface area contributed by atoms with Gasteiger partial charge < -0.3 is 9.15 Å². The van der Waals surface area contributed by atoms with Crippen LogP contribution in [0.5, 0.6) is 0 Å². The SMILES string of the molecule is CCCCCCCCCCCC(Cc1coc([Si](C)(C)C)c1)C(=O)OC. The summed E-state index contributed by atoms with van der Waals surface area (Å²) in [6, 6.07) is 2.15. The van der Waals surface area contributed by atoms with Gasteiger partial charge in [0, 0.05) is 0 Å². The Morgan fingerprint density at radius 2 is 1.62 bits per heavy atom. The maximum atomic E-state index is 12.1. The average molecular weight is 381 g/mol.